The van der Waals surface area contributed by atoms with Crippen LogP contribution in [0.1, 0.15) is 10.4 Å². The smallest absolute Gasteiger partial charge is 0.335 e. The first-order valence-electron chi connectivity index (χ1n) is 8.64. The molecule has 2 radical (unpaired) electrons. The van der Waals surface area contributed by atoms with Crippen LogP contribution in [0.25, 0.3) is 0 Å². The lowest BCUT2D eigenvalue weighted by molar-refractivity contribution is -0.442. The third-order valence-electron chi connectivity index (χ3n) is 4.27. The molecule has 178 valence electrons. The highest BCUT2D eigenvalue weighted by atomic mass is 32.2. The zero-order valence-corrected chi connectivity index (χ0v) is 17.2. The van der Waals surface area contributed by atoms with Gasteiger partial charge in [-0.15, -0.1) is 0 Å². The van der Waals surface area contributed by atoms with E-state index in [0.717, 1.165) is 0 Å². The van der Waals surface area contributed by atoms with E-state index < -0.39 is 61.4 Å². The first kappa shape index (κ1) is 26.5. The standard InChI is InChI=1S/C17H19BN2O12S/c18-17(28,29)16(26,27)15(24,25)14(23)20-10-6-8(13(21)22)7-11(33(19,30)31)12(10)32-9-4-2-1-3-5-9/h1-7,14,20,23-29H,(H,21,22)(H2,19,30,31). The molecular weight excluding hydrogens is 467 g/mol. The Morgan fingerprint density at radius 1 is 1.06 bits per heavy atom. The molecule has 0 aromatic heterocycles. The van der Waals surface area contributed by atoms with Crippen molar-refractivity contribution in [2.45, 2.75) is 28.4 Å². The van der Waals surface area contributed by atoms with Gasteiger partial charge in [0, 0.05) is 0 Å². The number of ether oxygens (including phenoxy) is 1. The summed E-state index contributed by atoms with van der Waals surface area (Å²) in [5, 5.41) is 83.9. The van der Waals surface area contributed by atoms with Crippen molar-refractivity contribution in [1.29, 1.82) is 0 Å². The number of primary sulfonamides is 1. The summed E-state index contributed by atoms with van der Waals surface area (Å²) in [6, 6.07) is 8.57. The van der Waals surface area contributed by atoms with E-state index in [0.29, 0.717) is 12.1 Å². The summed E-state index contributed by atoms with van der Waals surface area (Å²) < 4.78 is 29.6. The van der Waals surface area contributed by atoms with Crippen molar-refractivity contribution in [1.82, 2.24) is 0 Å². The number of aromatic carboxylic acids is 1. The number of nitrogens with one attached hydrogen (secondary N) is 1. The summed E-state index contributed by atoms with van der Waals surface area (Å²) in [5.41, 5.74) is -5.57. The van der Waals surface area contributed by atoms with Gasteiger partial charge in [0.1, 0.15) is 10.6 Å². The fraction of sp³-hybridized carbons (Fsp3) is 0.235. The molecule has 0 bridgehead atoms. The second-order valence-electron chi connectivity index (χ2n) is 6.79. The number of carboxylic acid groups (broad SMARTS) is 1. The van der Waals surface area contributed by atoms with Crippen LogP contribution in [0.15, 0.2) is 47.4 Å². The van der Waals surface area contributed by atoms with Crippen LogP contribution in [0.4, 0.5) is 5.69 Å². The highest BCUT2D eigenvalue weighted by molar-refractivity contribution is 7.89. The number of carbonyl (C=O) groups is 1. The molecule has 2 aromatic rings. The van der Waals surface area contributed by atoms with Gasteiger partial charge in [0.2, 0.25) is 10.0 Å². The summed E-state index contributed by atoms with van der Waals surface area (Å²) in [5.74, 6) is -11.1. The molecule has 0 spiro atoms. The van der Waals surface area contributed by atoms with Crippen molar-refractivity contribution in [2.24, 2.45) is 5.14 Å². The second kappa shape index (κ2) is 8.86. The monoisotopic (exact) mass is 486 g/mol. The van der Waals surface area contributed by atoms with Crippen LogP contribution in [0.3, 0.4) is 0 Å². The molecule has 2 aromatic carbocycles. The van der Waals surface area contributed by atoms with E-state index in [2.05, 4.69) is 7.85 Å². The number of benzene rings is 2. The molecule has 0 saturated carbocycles. The second-order valence-corrected chi connectivity index (χ2v) is 8.32. The fourth-order valence-corrected chi connectivity index (χ4v) is 3.17. The van der Waals surface area contributed by atoms with Gasteiger partial charge in [-0.2, -0.15) is 0 Å². The van der Waals surface area contributed by atoms with Crippen LogP contribution in [0.5, 0.6) is 11.5 Å². The molecule has 0 aliphatic carbocycles. The number of para-hydroxylation sites is 1. The van der Waals surface area contributed by atoms with Gasteiger partial charge < -0.3 is 50.9 Å². The predicted octanol–water partition coefficient (Wildman–Crippen LogP) is -3.28. The maximum absolute atomic E-state index is 12.1. The van der Waals surface area contributed by atoms with E-state index in [1.165, 1.54) is 24.3 Å². The van der Waals surface area contributed by atoms with Crippen LogP contribution >= 0.6 is 0 Å². The number of anilines is 1. The largest absolute Gasteiger partial charge is 0.478 e. The van der Waals surface area contributed by atoms with Gasteiger partial charge in [0.25, 0.3) is 11.6 Å². The SMILES string of the molecule is [B]C(O)(O)C(O)(O)C(O)(O)C(O)Nc1cc(C(=O)O)cc(S(N)(=O)=O)c1Oc1ccccc1. The van der Waals surface area contributed by atoms with Crippen LogP contribution in [-0.4, -0.2) is 86.6 Å². The fourth-order valence-electron chi connectivity index (χ4n) is 2.47. The van der Waals surface area contributed by atoms with E-state index in [-0.39, 0.29) is 5.75 Å². The molecule has 14 nitrogen and oxygen atoms in total. The summed E-state index contributed by atoms with van der Waals surface area (Å²) in [6.07, 6.45) is -2.98. The van der Waals surface area contributed by atoms with Crippen molar-refractivity contribution in [3.05, 3.63) is 48.0 Å². The Morgan fingerprint density at radius 2 is 1.61 bits per heavy atom. The molecule has 11 N–H and O–H groups in total. The van der Waals surface area contributed by atoms with Crippen LogP contribution < -0.4 is 15.2 Å². The number of carboxylic acids is 1. The molecule has 33 heavy (non-hydrogen) atoms. The zero-order valence-electron chi connectivity index (χ0n) is 16.4. The molecule has 0 amide bonds. The Bertz CT molecular complexity index is 1130. The molecule has 0 heterocycles. The molecule has 1 unspecified atom stereocenters. The van der Waals surface area contributed by atoms with Crippen molar-refractivity contribution in [3.8, 4) is 11.5 Å². The number of hydrogen-bond acceptors (Lipinski definition) is 12. The number of aliphatic hydroxyl groups excluding tert-OH is 1. The summed E-state index contributed by atoms with van der Waals surface area (Å²) in [7, 11) is -0.0271. The average Bonchev–Trinajstić information content (AvgIpc) is 2.67. The normalized spacial score (nSPS) is 13.9. The minimum Gasteiger partial charge on any atom is -0.478 e. The average molecular weight is 486 g/mol. The Labute approximate surface area is 187 Å². The zero-order chi connectivity index (χ0) is 25.4. The molecule has 16 heteroatoms. The Kier molecular flexibility index (Phi) is 7.10. The summed E-state index contributed by atoms with van der Waals surface area (Å²) in [4.78, 5) is 10.5. The van der Waals surface area contributed by atoms with Gasteiger partial charge in [0.15, 0.2) is 25.5 Å². The number of aliphatic hydroxyl groups is 7. The van der Waals surface area contributed by atoms with E-state index in [4.69, 9.17) is 9.88 Å². The Morgan fingerprint density at radius 3 is 2.06 bits per heavy atom. The number of hydrogen-bond donors (Lipinski definition) is 10. The van der Waals surface area contributed by atoms with Crippen molar-refractivity contribution in [2.75, 3.05) is 5.32 Å². The first-order chi connectivity index (χ1) is 14.9. The number of nitrogens with two attached hydrogens (primary N) is 1. The van der Waals surface area contributed by atoms with Gasteiger partial charge in [-0.3, -0.25) is 0 Å². The molecule has 2 rings (SSSR count). The van der Waals surface area contributed by atoms with E-state index >= 15 is 0 Å². The molecule has 0 aliphatic rings. The van der Waals surface area contributed by atoms with Gasteiger partial charge in [-0.05, 0) is 24.3 Å². The summed E-state index contributed by atoms with van der Waals surface area (Å²) >= 11 is 0. The molecular formula is C17H19BN2O12S. The maximum Gasteiger partial charge on any atom is 0.335 e. The third kappa shape index (κ3) is 5.41. The Hall–Kier alpha value is -2.80. The lowest BCUT2D eigenvalue weighted by Crippen LogP contribution is -2.73. The topological polar surface area (TPSA) is 260 Å². The van der Waals surface area contributed by atoms with Gasteiger partial charge >= 0.3 is 5.97 Å². The predicted molar refractivity (Wildman–Crippen MR) is 108 cm³/mol. The first-order valence-corrected chi connectivity index (χ1v) is 10.2. The summed E-state index contributed by atoms with van der Waals surface area (Å²) in [6.45, 7) is 0. The van der Waals surface area contributed by atoms with Gasteiger partial charge in [-0.1, -0.05) is 18.2 Å². The minimum absolute atomic E-state index is 0.00682. The van der Waals surface area contributed by atoms with Gasteiger partial charge in [-0.25, -0.2) is 18.4 Å². The van der Waals surface area contributed by atoms with Crippen LogP contribution in [0.2, 0.25) is 0 Å². The van der Waals surface area contributed by atoms with Crippen LogP contribution in [-0.2, 0) is 10.0 Å². The Balaban J connectivity index is 2.69. The molecule has 0 saturated heterocycles. The van der Waals surface area contributed by atoms with Crippen molar-refractivity contribution in [3.63, 3.8) is 0 Å². The number of sulfonamides is 1. The quantitative estimate of drug-likeness (QED) is 0.123. The van der Waals surface area contributed by atoms with E-state index in [1.807, 2.05) is 0 Å². The maximum atomic E-state index is 12.1. The highest BCUT2D eigenvalue weighted by Crippen LogP contribution is 2.39. The van der Waals surface area contributed by atoms with Crippen LogP contribution in [0, 0.1) is 0 Å². The molecule has 0 fully saturated rings. The minimum atomic E-state index is -4.69. The molecule has 1 atom stereocenters. The lowest BCUT2D eigenvalue weighted by atomic mass is 9.81. The third-order valence-corrected chi connectivity index (χ3v) is 5.19. The number of rotatable bonds is 9. The van der Waals surface area contributed by atoms with Crippen molar-refractivity contribution >= 4 is 29.5 Å². The van der Waals surface area contributed by atoms with Crippen molar-refractivity contribution < 1.29 is 58.8 Å². The van der Waals surface area contributed by atoms with E-state index in [1.54, 1.807) is 11.4 Å². The lowest BCUT2D eigenvalue weighted by Gasteiger charge is -2.43. The molecule has 0 aliphatic heterocycles. The van der Waals surface area contributed by atoms with E-state index in [9.17, 15) is 54.1 Å². The van der Waals surface area contributed by atoms with Gasteiger partial charge in [0.05, 0.1) is 11.3 Å². The highest BCUT2D eigenvalue weighted by Gasteiger charge is 2.62.